The van der Waals surface area contributed by atoms with Crippen molar-refractivity contribution in [1.29, 1.82) is 0 Å². The normalized spacial score (nSPS) is 24.6. The Bertz CT molecular complexity index is 576. The van der Waals surface area contributed by atoms with Gasteiger partial charge in [-0.1, -0.05) is 24.6 Å². The summed E-state index contributed by atoms with van der Waals surface area (Å²) < 4.78 is 2.14. The number of aromatic nitrogens is 2. The maximum absolute atomic E-state index is 6.27. The molecule has 1 fully saturated rings. The summed E-state index contributed by atoms with van der Waals surface area (Å²) in [7, 11) is 2.06. The first-order valence-corrected chi connectivity index (χ1v) is 6.90. The lowest BCUT2D eigenvalue weighted by Gasteiger charge is -2.29. The summed E-state index contributed by atoms with van der Waals surface area (Å²) in [5.41, 5.74) is 2.02. The van der Waals surface area contributed by atoms with Crippen LogP contribution in [0.25, 0.3) is 11.0 Å². The quantitative estimate of drug-likeness (QED) is 0.856. The molecule has 0 spiro atoms. The number of piperidine rings is 1. The number of benzene rings is 1. The minimum atomic E-state index is 0.340. The monoisotopic (exact) mass is 263 g/mol. The van der Waals surface area contributed by atoms with Crippen LogP contribution in [0, 0.1) is 5.92 Å². The average molecular weight is 264 g/mol. The largest absolute Gasteiger partial charge is 0.329 e. The predicted octanol–water partition coefficient (Wildman–Crippen LogP) is 3.29. The first-order valence-electron chi connectivity index (χ1n) is 6.52. The van der Waals surface area contributed by atoms with E-state index in [0.29, 0.717) is 12.0 Å². The fourth-order valence-corrected chi connectivity index (χ4v) is 3.21. The fourth-order valence-electron chi connectivity index (χ4n) is 2.91. The molecule has 1 aliphatic heterocycles. The Labute approximate surface area is 112 Å². The summed E-state index contributed by atoms with van der Waals surface area (Å²) in [6, 6.07) is 6.25. The van der Waals surface area contributed by atoms with Crippen LogP contribution in [-0.2, 0) is 7.05 Å². The molecule has 2 atom stereocenters. The standard InChI is InChI=1S/C14H18ClN3/c1-9-5-4-8-16-12(9)14-17-11-7-3-6-10(15)13(11)18(14)2/h3,6-7,9,12,16H,4-5,8H2,1-2H3. The van der Waals surface area contributed by atoms with E-state index in [-0.39, 0.29) is 0 Å². The van der Waals surface area contributed by atoms with E-state index in [4.69, 9.17) is 16.6 Å². The third-order valence-electron chi connectivity index (χ3n) is 3.93. The number of halogens is 1. The summed E-state index contributed by atoms with van der Waals surface area (Å²) in [4.78, 5) is 4.76. The van der Waals surface area contributed by atoms with E-state index in [1.165, 1.54) is 12.8 Å². The van der Waals surface area contributed by atoms with Gasteiger partial charge in [-0.2, -0.15) is 0 Å². The van der Waals surface area contributed by atoms with Gasteiger partial charge in [0.05, 0.1) is 22.1 Å². The molecular weight excluding hydrogens is 246 g/mol. The molecule has 1 aliphatic rings. The number of para-hydroxylation sites is 1. The van der Waals surface area contributed by atoms with Gasteiger partial charge in [0.2, 0.25) is 0 Å². The number of aryl methyl sites for hydroxylation is 1. The van der Waals surface area contributed by atoms with Gasteiger partial charge in [0.25, 0.3) is 0 Å². The highest BCUT2D eigenvalue weighted by molar-refractivity contribution is 6.35. The molecule has 2 heterocycles. The van der Waals surface area contributed by atoms with Crippen molar-refractivity contribution in [2.75, 3.05) is 6.54 Å². The Balaban J connectivity index is 2.12. The summed E-state index contributed by atoms with van der Waals surface area (Å²) in [5, 5.41) is 4.36. The zero-order valence-corrected chi connectivity index (χ0v) is 11.5. The molecule has 2 unspecified atom stereocenters. The van der Waals surface area contributed by atoms with E-state index in [0.717, 1.165) is 28.4 Å². The van der Waals surface area contributed by atoms with E-state index < -0.39 is 0 Å². The molecule has 18 heavy (non-hydrogen) atoms. The molecule has 2 aromatic rings. The molecule has 3 rings (SSSR count). The molecule has 3 nitrogen and oxygen atoms in total. The van der Waals surface area contributed by atoms with Crippen molar-refractivity contribution in [1.82, 2.24) is 14.9 Å². The number of imidazole rings is 1. The molecule has 96 valence electrons. The Morgan fingerprint density at radius 1 is 1.44 bits per heavy atom. The SMILES string of the molecule is CC1CCCNC1c1nc2cccc(Cl)c2n1C. The fraction of sp³-hybridized carbons (Fsp3) is 0.500. The van der Waals surface area contributed by atoms with Gasteiger partial charge in [-0.05, 0) is 37.4 Å². The van der Waals surface area contributed by atoms with Crippen LogP contribution in [0.1, 0.15) is 31.6 Å². The van der Waals surface area contributed by atoms with Gasteiger partial charge in [-0.15, -0.1) is 0 Å². The zero-order chi connectivity index (χ0) is 12.7. The third kappa shape index (κ3) is 1.82. The number of fused-ring (bicyclic) bond motifs is 1. The predicted molar refractivity (Wildman–Crippen MR) is 74.9 cm³/mol. The molecule has 0 aliphatic carbocycles. The highest BCUT2D eigenvalue weighted by atomic mass is 35.5. The molecule has 4 heteroatoms. The summed E-state index contributed by atoms with van der Waals surface area (Å²) in [6.45, 7) is 3.36. The zero-order valence-electron chi connectivity index (χ0n) is 10.8. The highest BCUT2D eigenvalue weighted by Gasteiger charge is 2.27. The molecule has 0 amide bonds. The Hall–Kier alpha value is -1.06. The summed E-state index contributed by atoms with van der Waals surface area (Å²) in [6.07, 6.45) is 2.51. The Morgan fingerprint density at radius 2 is 2.28 bits per heavy atom. The van der Waals surface area contributed by atoms with Gasteiger partial charge in [0, 0.05) is 7.05 Å². The second kappa shape index (κ2) is 4.56. The Morgan fingerprint density at radius 3 is 3.00 bits per heavy atom. The van der Waals surface area contributed by atoms with E-state index in [2.05, 4.69) is 23.9 Å². The Kier molecular flexibility index (Phi) is 3.04. The lowest BCUT2D eigenvalue weighted by molar-refractivity contribution is 0.291. The van der Waals surface area contributed by atoms with Gasteiger partial charge in [0.1, 0.15) is 5.82 Å². The van der Waals surface area contributed by atoms with Crippen molar-refractivity contribution >= 4 is 22.6 Å². The van der Waals surface area contributed by atoms with E-state index in [1.807, 2.05) is 18.2 Å². The first kappa shape index (κ1) is 12.0. The summed E-state index contributed by atoms with van der Waals surface area (Å²) in [5.74, 6) is 1.72. The topological polar surface area (TPSA) is 29.9 Å². The first-order chi connectivity index (χ1) is 8.68. The molecule has 0 saturated carbocycles. The second-order valence-electron chi connectivity index (χ2n) is 5.19. The second-order valence-corrected chi connectivity index (χ2v) is 5.60. The van der Waals surface area contributed by atoms with E-state index >= 15 is 0 Å². The van der Waals surface area contributed by atoms with Crippen LogP contribution in [0.3, 0.4) is 0 Å². The van der Waals surface area contributed by atoms with Gasteiger partial charge in [0.15, 0.2) is 0 Å². The smallest absolute Gasteiger partial charge is 0.127 e. The van der Waals surface area contributed by atoms with Crippen molar-refractivity contribution in [3.63, 3.8) is 0 Å². The maximum atomic E-state index is 6.27. The maximum Gasteiger partial charge on any atom is 0.127 e. The van der Waals surface area contributed by atoms with Crippen LogP contribution in [0.15, 0.2) is 18.2 Å². The molecule has 1 saturated heterocycles. The van der Waals surface area contributed by atoms with Crippen LogP contribution in [0.5, 0.6) is 0 Å². The van der Waals surface area contributed by atoms with Crippen LogP contribution in [-0.4, -0.2) is 16.1 Å². The molecule has 0 bridgehead atoms. The van der Waals surface area contributed by atoms with Crippen molar-refractivity contribution in [2.45, 2.75) is 25.8 Å². The van der Waals surface area contributed by atoms with Crippen LogP contribution >= 0.6 is 11.6 Å². The molecule has 1 aromatic carbocycles. The number of hydrogen-bond acceptors (Lipinski definition) is 2. The lowest BCUT2D eigenvalue weighted by Crippen LogP contribution is -2.34. The molecule has 1 aromatic heterocycles. The van der Waals surface area contributed by atoms with E-state index in [1.54, 1.807) is 0 Å². The minimum absolute atomic E-state index is 0.340. The van der Waals surface area contributed by atoms with Crippen molar-refractivity contribution in [2.24, 2.45) is 13.0 Å². The van der Waals surface area contributed by atoms with Crippen molar-refractivity contribution in [3.05, 3.63) is 29.0 Å². The van der Waals surface area contributed by atoms with Gasteiger partial charge >= 0.3 is 0 Å². The van der Waals surface area contributed by atoms with Gasteiger partial charge in [-0.25, -0.2) is 4.98 Å². The lowest BCUT2D eigenvalue weighted by atomic mass is 9.92. The van der Waals surface area contributed by atoms with Crippen LogP contribution < -0.4 is 5.32 Å². The molecule has 1 N–H and O–H groups in total. The third-order valence-corrected chi connectivity index (χ3v) is 4.23. The minimum Gasteiger partial charge on any atom is -0.329 e. The number of nitrogens with zero attached hydrogens (tertiary/aromatic N) is 2. The van der Waals surface area contributed by atoms with Gasteiger partial charge < -0.3 is 9.88 Å². The number of nitrogens with one attached hydrogen (secondary N) is 1. The van der Waals surface area contributed by atoms with Gasteiger partial charge in [-0.3, -0.25) is 0 Å². The number of hydrogen-bond donors (Lipinski definition) is 1. The highest BCUT2D eigenvalue weighted by Crippen LogP contribution is 2.32. The van der Waals surface area contributed by atoms with Crippen molar-refractivity contribution < 1.29 is 0 Å². The molecular formula is C14H18ClN3. The van der Waals surface area contributed by atoms with Crippen LogP contribution in [0.4, 0.5) is 0 Å². The average Bonchev–Trinajstić information content (AvgIpc) is 2.69. The van der Waals surface area contributed by atoms with Crippen molar-refractivity contribution in [3.8, 4) is 0 Å². The summed E-state index contributed by atoms with van der Waals surface area (Å²) >= 11 is 6.27. The molecule has 0 radical (unpaired) electrons. The number of rotatable bonds is 1. The van der Waals surface area contributed by atoms with E-state index in [9.17, 15) is 0 Å². The van der Waals surface area contributed by atoms with Crippen LogP contribution in [0.2, 0.25) is 5.02 Å².